The van der Waals surface area contributed by atoms with Crippen LogP contribution in [0.25, 0.3) is 0 Å². The Morgan fingerprint density at radius 2 is 2.00 bits per heavy atom. The van der Waals surface area contributed by atoms with Crippen molar-refractivity contribution >= 4 is 17.7 Å². The van der Waals surface area contributed by atoms with Crippen molar-refractivity contribution < 1.29 is 9.21 Å². The van der Waals surface area contributed by atoms with Gasteiger partial charge in [-0.3, -0.25) is 4.79 Å². The molecule has 1 aliphatic rings. The predicted molar refractivity (Wildman–Crippen MR) is 90.3 cm³/mol. The molecule has 1 saturated heterocycles. The molecule has 1 fully saturated rings. The second-order valence-corrected chi connectivity index (χ2v) is 6.99. The molecule has 2 aromatic rings. The maximum Gasteiger partial charge on any atom is 0.257 e. The zero-order chi connectivity index (χ0) is 15.5. The van der Waals surface area contributed by atoms with Gasteiger partial charge in [0.15, 0.2) is 0 Å². The van der Waals surface area contributed by atoms with Gasteiger partial charge in [-0.25, -0.2) is 0 Å². The quantitative estimate of drug-likeness (QED) is 0.832. The number of aryl methyl sites for hydroxylation is 2. The van der Waals surface area contributed by atoms with E-state index in [9.17, 15) is 4.79 Å². The molecule has 1 aromatic heterocycles. The Bertz CT molecular complexity index is 650. The Balaban J connectivity index is 1.70. The van der Waals surface area contributed by atoms with Gasteiger partial charge >= 0.3 is 0 Å². The molecule has 3 rings (SSSR count). The minimum absolute atomic E-state index is 0.101. The number of hydrogen-bond acceptors (Lipinski definition) is 3. The maximum absolute atomic E-state index is 12.7. The zero-order valence-corrected chi connectivity index (χ0v) is 13.9. The van der Waals surface area contributed by atoms with Gasteiger partial charge in [0.05, 0.1) is 5.56 Å². The van der Waals surface area contributed by atoms with E-state index < -0.39 is 0 Å². The third-order valence-electron chi connectivity index (χ3n) is 4.07. The molecule has 0 spiro atoms. The highest BCUT2D eigenvalue weighted by molar-refractivity contribution is 7.99. The highest BCUT2D eigenvalue weighted by Crippen LogP contribution is 2.34. The number of furan rings is 1. The molecule has 3 nitrogen and oxygen atoms in total. The third-order valence-corrected chi connectivity index (χ3v) is 5.40. The molecule has 1 aromatic carbocycles. The summed E-state index contributed by atoms with van der Waals surface area (Å²) in [6.07, 6.45) is 0.996. The van der Waals surface area contributed by atoms with E-state index in [-0.39, 0.29) is 5.91 Å². The predicted octanol–water partition coefficient (Wildman–Crippen LogP) is 4.22. The van der Waals surface area contributed by atoms with Gasteiger partial charge in [0.2, 0.25) is 0 Å². The van der Waals surface area contributed by atoms with Crippen LogP contribution in [0.2, 0.25) is 0 Å². The second kappa shape index (κ2) is 6.61. The van der Waals surface area contributed by atoms with Crippen molar-refractivity contribution in [3.05, 3.63) is 59.0 Å². The van der Waals surface area contributed by atoms with E-state index in [0.717, 1.165) is 36.8 Å². The topological polar surface area (TPSA) is 33.5 Å². The van der Waals surface area contributed by atoms with Crippen molar-refractivity contribution in [2.45, 2.75) is 25.5 Å². The van der Waals surface area contributed by atoms with Crippen LogP contribution in [0.3, 0.4) is 0 Å². The minimum Gasteiger partial charge on any atom is -0.466 e. The Kier molecular flexibility index (Phi) is 4.57. The summed E-state index contributed by atoms with van der Waals surface area (Å²) in [6, 6.07) is 12.4. The van der Waals surface area contributed by atoms with E-state index in [1.54, 1.807) is 0 Å². The van der Waals surface area contributed by atoms with Crippen LogP contribution in [-0.4, -0.2) is 29.6 Å². The minimum atomic E-state index is 0.101. The lowest BCUT2D eigenvalue weighted by Crippen LogP contribution is -2.33. The summed E-state index contributed by atoms with van der Waals surface area (Å²) >= 11 is 1.95. The van der Waals surface area contributed by atoms with Crippen LogP contribution < -0.4 is 0 Å². The van der Waals surface area contributed by atoms with Crippen molar-refractivity contribution in [2.75, 3.05) is 18.8 Å². The molecule has 0 bridgehead atoms. The smallest absolute Gasteiger partial charge is 0.257 e. The molecule has 0 radical (unpaired) electrons. The number of rotatable bonds is 2. The van der Waals surface area contributed by atoms with Crippen molar-refractivity contribution in [1.82, 2.24) is 4.90 Å². The third kappa shape index (κ3) is 3.22. The van der Waals surface area contributed by atoms with Gasteiger partial charge in [-0.2, -0.15) is 11.8 Å². The molecule has 0 aliphatic carbocycles. The average molecular weight is 315 g/mol. The first-order chi connectivity index (χ1) is 10.6. The molecule has 4 heteroatoms. The number of thioether (sulfide) groups is 1. The fraction of sp³-hybridized carbons (Fsp3) is 0.389. The fourth-order valence-corrected chi connectivity index (χ4v) is 4.15. The first-order valence-corrected chi connectivity index (χ1v) is 8.73. The molecule has 1 aliphatic heterocycles. The first-order valence-electron chi connectivity index (χ1n) is 7.68. The summed E-state index contributed by atoms with van der Waals surface area (Å²) in [7, 11) is 0. The van der Waals surface area contributed by atoms with Crippen LogP contribution in [0.5, 0.6) is 0 Å². The zero-order valence-electron chi connectivity index (χ0n) is 13.0. The van der Waals surface area contributed by atoms with Gasteiger partial charge in [0.1, 0.15) is 11.5 Å². The summed E-state index contributed by atoms with van der Waals surface area (Å²) in [4.78, 5) is 14.7. The van der Waals surface area contributed by atoms with Gasteiger partial charge in [-0.15, -0.1) is 0 Å². The van der Waals surface area contributed by atoms with Crippen molar-refractivity contribution in [1.29, 1.82) is 0 Å². The molecule has 1 amide bonds. The highest BCUT2D eigenvalue weighted by atomic mass is 32.2. The Morgan fingerprint density at radius 1 is 1.23 bits per heavy atom. The monoisotopic (exact) mass is 315 g/mol. The first kappa shape index (κ1) is 15.2. The molecule has 22 heavy (non-hydrogen) atoms. The number of carbonyl (C=O) groups is 1. The van der Waals surface area contributed by atoms with Gasteiger partial charge in [0, 0.05) is 24.1 Å². The van der Waals surface area contributed by atoms with E-state index in [4.69, 9.17) is 4.42 Å². The SMILES string of the molecule is Cc1cc(C(=O)N2CCSC(c3ccccc3)CC2)c(C)o1. The van der Waals surface area contributed by atoms with Gasteiger partial charge in [0.25, 0.3) is 5.91 Å². The van der Waals surface area contributed by atoms with E-state index in [1.807, 2.05) is 42.6 Å². The van der Waals surface area contributed by atoms with Crippen LogP contribution in [0, 0.1) is 13.8 Å². The van der Waals surface area contributed by atoms with E-state index >= 15 is 0 Å². The molecular weight excluding hydrogens is 294 g/mol. The maximum atomic E-state index is 12.7. The number of benzene rings is 1. The van der Waals surface area contributed by atoms with E-state index in [2.05, 4.69) is 24.3 Å². The summed E-state index contributed by atoms with van der Waals surface area (Å²) in [5.41, 5.74) is 2.07. The molecule has 0 saturated carbocycles. The molecule has 1 unspecified atom stereocenters. The molecule has 0 N–H and O–H groups in total. The summed E-state index contributed by atoms with van der Waals surface area (Å²) in [5, 5.41) is 0.478. The molecule has 1 atom stereocenters. The molecule has 2 heterocycles. The van der Waals surface area contributed by atoms with Crippen LogP contribution in [0.1, 0.15) is 39.1 Å². The Morgan fingerprint density at radius 3 is 2.68 bits per heavy atom. The normalized spacial score (nSPS) is 19.0. The number of hydrogen-bond donors (Lipinski definition) is 0. The lowest BCUT2D eigenvalue weighted by molar-refractivity contribution is 0.0765. The van der Waals surface area contributed by atoms with Crippen molar-refractivity contribution in [2.24, 2.45) is 0 Å². The largest absolute Gasteiger partial charge is 0.466 e. The van der Waals surface area contributed by atoms with Crippen molar-refractivity contribution in [3.63, 3.8) is 0 Å². The van der Waals surface area contributed by atoms with Gasteiger partial charge in [-0.05, 0) is 31.9 Å². The lowest BCUT2D eigenvalue weighted by Gasteiger charge is -2.20. The number of amides is 1. The molecular formula is C18H21NO2S. The summed E-state index contributed by atoms with van der Waals surface area (Å²) in [6.45, 7) is 5.35. The Labute approximate surface area is 135 Å². The second-order valence-electron chi connectivity index (χ2n) is 5.68. The van der Waals surface area contributed by atoms with E-state index in [0.29, 0.717) is 10.8 Å². The van der Waals surface area contributed by atoms with Crippen molar-refractivity contribution in [3.8, 4) is 0 Å². The Hall–Kier alpha value is -1.68. The van der Waals surface area contributed by atoms with Crippen LogP contribution in [0.4, 0.5) is 0 Å². The van der Waals surface area contributed by atoms with Crippen LogP contribution in [0.15, 0.2) is 40.8 Å². The van der Waals surface area contributed by atoms with Gasteiger partial charge in [-0.1, -0.05) is 30.3 Å². The molecule has 116 valence electrons. The lowest BCUT2D eigenvalue weighted by atomic mass is 10.1. The highest BCUT2D eigenvalue weighted by Gasteiger charge is 2.24. The van der Waals surface area contributed by atoms with Crippen LogP contribution >= 0.6 is 11.8 Å². The van der Waals surface area contributed by atoms with E-state index in [1.165, 1.54) is 5.56 Å². The number of nitrogens with zero attached hydrogens (tertiary/aromatic N) is 1. The summed E-state index contributed by atoms with van der Waals surface area (Å²) < 4.78 is 5.50. The fourth-order valence-electron chi connectivity index (χ4n) is 2.92. The van der Waals surface area contributed by atoms with Crippen LogP contribution in [-0.2, 0) is 0 Å². The number of carbonyl (C=O) groups excluding carboxylic acids is 1. The average Bonchev–Trinajstić information content (AvgIpc) is 2.74. The van der Waals surface area contributed by atoms with Gasteiger partial charge < -0.3 is 9.32 Å². The summed E-state index contributed by atoms with van der Waals surface area (Å²) in [5.74, 6) is 2.59. The standard InChI is InChI=1S/C18H21NO2S/c1-13-12-16(14(2)21-13)18(20)19-9-8-17(22-11-10-19)15-6-4-3-5-7-15/h3-7,12,17H,8-11H2,1-2H3.